The van der Waals surface area contributed by atoms with Gasteiger partial charge in [-0.25, -0.2) is 0 Å². The minimum atomic E-state index is -0.481. The fraction of sp³-hybridized carbons (Fsp3) is 1.00. The number of hydrogen-bond acceptors (Lipinski definition) is 1. The van der Waals surface area contributed by atoms with E-state index in [0.29, 0.717) is 0 Å². The van der Waals surface area contributed by atoms with Gasteiger partial charge in [-0.3, -0.25) is 0 Å². The molecule has 12 heavy (non-hydrogen) atoms. The van der Waals surface area contributed by atoms with E-state index in [9.17, 15) is 5.11 Å². The van der Waals surface area contributed by atoms with E-state index in [2.05, 4.69) is 29.8 Å². The molecule has 72 valence electrons. The summed E-state index contributed by atoms with van der Waals surface area (Å²) in [6, 6.07) is 0. The van der Waals surface area contributed by atoms with Crippen LogP contribution in [0.3, 0.4) is 0 Å². The second-order valence-corrected chi connectivity index (χ2v) is 5.71. The molecule has 1 N–H and O–H groups in total. The second-order valence-electron chi connectivity index (χ2n) is 4.60. The lowest BCUT2D eigenvalue weighted by Gasteiger charge is -2.39. The third-order valence-corrected chi connectivity index (χ3v) is 4.51. The zero-order valence-corrected chi connectivity index (χ0v) is 9.76. The van der Waals surface area contributed by atoms with Crippen LogP contribution in [0.4, 0.5) is 0 Å². The summed E-state index contributed by atoms with van der Waals surface area (Å²) in [6.07, 6.45) is 3.23. The van der Waals surface area contributed by atoms with Crippen LogP contribution < -0.4 is 0 Å². The highest BCUT2D eigenvalue weighted by atomic mass is 79.9. The Morgan fingerprint density at radius 3 is 2.50 bits per heavy atom. The van der Waals surface area contributed by atoms with Gasteiger partial charge >= 0.3 is 0 Å². The Bertz CT molecular complexity index is 154. The molecule has 3 atom stereocenters. The third-order valence-electron chi connectivity index (χ3n) is 3.15. The van der Waals surface area contributed by atoms with Gasteiger partial charge in [0.1, 0.15) is 0 Å². The van der Waals surface area contributed by atoms with Crippen LogP contribution in [-0.4, -0.2) is 15.5 Å². The summed E-state index contributed by atoms with van der Waals surface area (Å²) < 4.78 is 0. The first kappa shape index (κ1) is 10.5. The first-order chi connectivity index (χ1) is 5.43. The summed E-state index contributed by atoms with van der Waals surface area (Å²) in [4.78, 5) is 0.283. The van der Waals surface area contributed by atoms with Crippen LogP contribution >= 0.6 is 15.9 Å². The van der Waals surface area contributed by atoms with E-state index in [1.54, 1.807) is 0 Å². The Morgan fingerprint density at radius 2 is 2.08 bits per heavy atom. The van der Waals surface area contributed by atoms with E-state index in [0.717, 1.165) is 24.7 Å². The van der Waals surface area contributed by atoms with Crippen molar-refractivity contribution in [3.63, 3.8) is 0 Å². The van der Waals surface area contributed by atoms with Gasteiger partial charge in [-0.1, -0.05) is 29.8 Å². The van der Waals surface area contributed by atoms with Crippen LogP contribution in [-0.2, 0) is 0 Å². The topological polar surface area (TPSA) is 20.2 Å². The minimum absolute atomic E-state index is 0.283. The van der Waals surface area contributed by atoms with Crippen molar-refractivity contribution in [1.29, 1.82) is 0 Å². The highest BCUT2D eigenvalue weighted by Crippen LogP contribution is 2.39. The van der Waals surface area contributed by atoms with Crippen LogP contribution in [0.2, 0.25) is 0 Å². The van der Waals surface area contributed by atoms with Crippen molar-refractivity contribution in [2.75, 3.05) is 0 Å². The van der Waals surface area contributed by atoms with E-state index in [4.69, 9.17) is 0 Å². The summed E-state index contributed by atoms with van der Waals surface area (Å²) in [5, 5.41) is 9.90. The van der Waals surface area contributed by atoms with Crippen LogP contribution in [0, 0.1) is 11.8 Å². The molecule has 1 saturated carbocycles. The molecule has 1 nitrogen and oxygen atoms in total. The average Bonchev–Trinajstić information content (AvgIpc) is 1.94. The van der Waals surface area contributed by atoms with E-state index in [1.807, 2.05) is 6.92 Å². The molecule has 0 spiro atoms. The summed E-state index contributed by atoms with van der Waals surface area (Å²) in [7, 11) is 0. The zero-order valence-electron chi connectivity index (χ0n) is 8.18. The molecular formula is C10H19BrO. The standard InChI is InChI=1S/C10H19BrO/c1-7(2)8-4-5-10(3,12)9(11)6-8/h7-9,12H,4-6H2,1-3H3. The highest BCUT2D eigenvalue weighted by molar-refractivity contribution is 9.09. The summed E-state index contributed by atoms with van der Waals surface area (Å²) in [5.74, 6) is 1.54. The average molecular weight is 235 g/mol. The van der Waals surface area contributed by atoms with Crippen molar-refractivity contribution in [2.45, 2.75) is 50.5 Å². The maximum Gasteiger partial charge on any atom is 0.0744 e. The smallest absolute Gasteiger partial charge is 0.0744 e. The maximum absolute atomic E-state index is 9.90. The van der Waals surface area contributed by atoms with Crippen LogP contribution in [0.5, 0.6) is 0 Å². The van der Waals surface area contributed by atoms with E-state index < -0.39 is 5.60 Å². The largest absolute Gasteiger partial charge is 0.389 e. The van der Waals surface area contributed by atoms with Crippen molar-refractivity contribution < 1.29 is 5.11 Å². The van der Waals surface area contributed by atoms with E-state index >= 15 is 0 Å². The fourth-order valence-corrected chi connectivity index (χ4v) is 2.59. The molecule has 1 aliphatic carbocycles. The second kappa shape index (κ2) is 3.67. The van der Waals surface area contributed by atoms with Gasteiger partial charge in [0.15, 0.2) is 0 Å². The molecule has 1 rings (SSSR count). The normalized spacial score (nSPS) is 43.5. The molecule has 0 aromatic carbocycles. The van der Waals surface area contributed by atoms with Gasteiger partial charge in [-0.15, -0.1) is 0 Å². The predicted octanol–water partition coefficient (Wildman–Crippen LogP) is 2.96. The van der Waals surface area contributed by atoms with Gasteiger partial charge in [0.05, 0.1) is 5.60 Å². The van der Waals surface area contributed by atoms with E-state index in [1.165, 1.54) is 6.42 Å². The van der Waals surface area contributed by atoms with Gasteiger partial charge in [0.25, 0.3) is 0 Å². The number of rotatable bonds is 1. The molecule has 2 heteroatoms. The van der Waals surface area contributed by atoms with Gasteiger partial charge in [-0.05, 0) is 38.0 Å². The van der Waals surface area contributed by atoms with Crippen molar-refractivity contribution >= 4 is 15.9 Å². The molecular weight excluding hydrogens is 216 g/mol. The fourth-order valence-electron chi connectivity index (χ4n) is 1.88. The molecule has 1 fully saturated rings. The summed E-state index contributed by atoms with van der Waals surface area (Å²) in [5.41, 5.74) is -0.481. The number of aliphatic hydroxyl groups is 1. The Hall–Kier alpha value is 0.440. The lowest BCUT2D eigenvalue weighted by atomic mass is 9.75. The molecule has 1 aliphatic rings. The lowest BCUT2D eigenvalue weighted by Crippen LogP contribution is -2.41. The van der Waals surface area contributed by atoms with Crippen molar-refractivity contribution in [2.24, 2.45) is 11.8 Å². The zero-order chi connectivity index (χ0) is 9.35. The SMILES string of the molecule is CC(C)C1CCC(C)(O)C(Br)C1. The van der Waals surface area contributed by atoms with Crippen molar-refractivity contribution in [1.82, 2.24) is 0 Å². The Balaban J connectivity index is 2.52. The van der Waals surface area contributed by atoms with Crippen molar-refractivity contribution in [3.05, 3.63) is 0 Å². The molecule has 3 unspecified atom stereocenters. The minimum Gasteiger partial charge on any atom is -0.389 e. The quantitative estimate of drug-likeness (QED) is 0.693. The first-order valence-electron chi connectivity index (χ1n) is 4.80. The van der Waals surface area contributed by atoms with Gasteiger partial charge in [0, 0.05) is 4.83 Å². The van der Waals surface area contributed by atoms with E-state index in [-0.39, 0.29) is 4.83 Å². The molecule has 0 aromatic heterocycles. The molecule has 0 bridgehead atoms. The number of hydrogen-bond donors (Lipinski definition) is 1. The Labute approximate surface area is 83.7 Å². The Morgan fingerprint density at radius 1 is 1.50 bits per heavy atom. The lowest BCUT2D eigenvalue weighted by molar-refractivity contribution is 0.0105. The van der Waals surface area contributed by atoms with Crippen LogP contribution in [0.1, 0.15) is 40.0 Å². The highest BCUT2D eigenvalue weighted by Gasteiger charge is 2.37. The molecule has 0 amide bonds. The first-order valence-corrected chi connectivity index (χ1v) is 5.71. The predicted molar refractivity (Wildman–Crippen MR) is 55.5 cm³/mol. The van der Waals surface area contributed by atoms with Gasteiger partial charge in [0.2, 0.25) is 0 Å². The summed E-state index contributed by atoms with van der Waals surface area (Å²) in [6.45, 7) is 6.47. The molecule has 0 saturated heterocycles. The number of halogens is 1. The molecule has 0 aliphatic heterocycles. The third kappa shape index (κ3) is 2.23. The number of alkyl halides is 1. The van der Waals surface area contributed by atoms with Gasteiger partial charge < -0.3 is 5.11 Å². The summed E-state index contributed by atoms with van der Waals surface area (Å²) >= 11 is 3.57. The maximum atomic E-state index is 9.90. The Kier molecular flexibility index (Phi) is 3.21. The van der Waals surface area contributed by atoms with Crippen molar-refractivity contribution in [3.8, 4) is 0 Å². The van der Waals surface area contributed by atoms with Gasteiger partial charge in [-0.2, -0.15) is 0 Å². The molecule has 0 radical (unpaired) electrons. The molecule has 0 heterocycles. The molecule has 0 aromatic rings. The monoisotopic (exact) mass is 234 g/mol. The van der Waals surface area contributed by atoms with Crippen LogP contribution in [0.15, 0.2) is 0 Å². The van der Waals surface area contributed by atoms with Crippen LogP contribution in [0.25, 0.3) is 0 Å².